The Kier molecular flexibility index (Phi) is 7.45. The van der Waals surface area contributed by atoms with E-state index in [1.807, 2.05) is 0 Å². The summed E-state index contributed by atoms with van der Waals surface area (Å²) in [6.45, 7) is 0. The molecule has 0 bridgehead atoms. The number of nitrogens with two attached hydrogens (primary N) is 2. The van der Waals surface area contributed by atoms with Crippen LogP contribution in [-0.2, 0) is 4.79 Å². The lowest BCUT2D eigenvalue weighted by molar-refractivity contribution is -0.127. The molecule has 10 heteroatoms. The Balaban J connectivity index is 1.77. The summed E-state index contributed by atoms with van der Waals surface area (Å²) >= 11 is 0.806. The molecule has 1 atom stereocenters. The van der Waals surface area contributed by atoms with Crippen molar-refractivity contribution in [2.45, 2.75) is 75.9 Å². The number of primary amides is 1. The van der Waals surface area contributed by atoms with Gasteiger partial charge in [0.15, 0.2) is 5.69 Å². The summed E-state index contributed by atoms with van der Waals surface area (Å²) in [5, 5.41) is 3.11. The van der Waals surface area contributed by atoms with Crippen LogP contribution in [0.5, 0.6) is 0 Å². The minimum Gasteiger partial charge on any atom is -0.395 e. The Morgan fingerprint density at radius 3 is 2.24 bits per heavy atom. The molecule has 1 aromatic carbocycles. The van der Waals surface area contributed by atoms with E-state index >= 15 is 0 Å². The van der Waals surface area contributed by atoms with Crippen molar-refractivity contribution in [2.24, 2.45) is 5.73 Å². The number of aromatic nitrogens is 1. The first kappa shape index (κ1) is 24.1. The first-order valence-corrected chi connectivity index (χ1v) is 12.6. The molecule has 0 radical (unpaired) electrons. The van der Waals surface area contributed by atoms with Gasteiger partial charge in [0.2, 0.25) is 5.91 Å². The van der Waals surface area contributed by atoms with E-state index in [1.165, 1.54) is 12.1 Å². The Labute approximate surface area is 202 Å². The topological polar surface area (TPSA) is 131 Å². The van der Waals surface area contributed by atoms with Crippen LogP contribution in [-0.4, -0.2) is 39.1 Å². The fourth-order valence-electron chi connectivity index (χ4n) is 5.03. The second kappa shape index (κ2) is 10.5. The van der Waals surface area contributed by atoms with Gasteiger partial charge in [-0.05, 0) is 54.9 Å². The number of nitrogen functional groups attached to an aromatic ring is 1. The average molecular weight is 488 g/mol. The average Bonchev–Trinajstić information content (AvgIpc) is 3.48. The normalized spacial score (nSPS) is 17.9. The first-order valence-electron chi connectivity index (χ1n) is 11.8. The number of hydrogen-bond donors (Lipinski definition) is 3. The number of nitrogens with zero attached hydrogens (tertiary/aromatic N) is 2. The highest BCUT2D eigenvalue weighted by Gasteiger charge is 2.40. The number of carbonyl (C=O) groups is 3. The van der Waals surface area contributed by atoms with Crippen LogP contribution in [0.4, 0.5) is 10.1 Å². The predicted octanol–water partition coefficient (Wildman–Crippen LogP) is 3.54. The molecule has 1 unspecified atom stereocenters. The monoisotopic (exact) mass is 487 g/mol. The molecule has 1 aromatic heterocycles. The SMILES string of the molecule is NC(=O)c1nsc(C(=O)N(C2CCCCC2)C(C(=O)NC2CCCC2)c2ccc(F)cc2)c1N. The molecule has 8 nitrogen and oxygen atoms in total. The van der Waals surface area contributed by atoms with Gasteiger partial charge in [-0.15, -0.1) is 0 Å². The predicted molar refractivity (Wildman–Crippen MR) is 128 cm³/mol. The number of anilines is 1. The maximum absolute atomic E-state index is 13.9. The summed E-state index contributed by atoms with van der Waals surface area (Å²) in [7, 11) is 0. The van der Waals surface area contributed by atoms with E-state index in [9.17, 15) is 18.8 Å². The maximum atomic E-state index is 13.9. The van der Waals surface area contributed by atoms with Crippen molar-refractivity contribution in [1.82, 2.24) is 14.6 Å². The molecule has 3 amide bonds. The Hall–Kier alpha value is -3.01. The third-order valence-corrected chi connectivity index (χ3v) is 7.62. The zero-order valence-corrected chi connectivity index (χ0v) is 19.8. The standard InChI is InChI=1S/C24H30FN5O3S/c25-15-12-10-14(11-13-15)20(23(32)28-16-6-4-5-7-16)30(17-8-2-1-3-9-17)24(33)21-18(26)19(22(27)31)29-34-21/h10-13,16-17,20H,1-9,26H2,(H2,27,31)(H,28,32). The van der Waals surface area contributed by atoms with Crippen LogP contribution in [0.25, 0.3) is 0 Å². The summed E-state index contributed by atoms with van der Waals surface area (Å²) in [6, 6.07) is 4.56. The largest absolute Gasteiger partial charge is 0.395 e. The third kappa shape index (κ3) is 5.06. The molecule has 182 valence electrons. The second-order valence-corrected chi connectivity index (χ2v) is 9.86. The Morgan fingerprint density at radius 1 is 1.03 bits per heavy atom. The molecular formula is C24H30FN5O3S. The first-order chi connectivity index (χ1) is 16.4. The van der Waals surface area contributed by atoms with Crippen molar-refractivity contribution in [1.29, 1.82) is 0 Å². The lowest BCUT2D eigenvalue weighted by atomic mass is 9.91. The van der Waals surface area contributed by atoms with Crippen LogP contribution in [0.15, 0.2) is 24.3 Å². The maximum Gasteiger partial charge on any atom is 0.270 e. The zero-order valence-electron chi connectivity index (χ0n) is 19.0. The van der Waals surface area contributed by atoms with Crippen LogP contribution in [0, 0.1) is 5.82 Å². The van der Waals surface area contributed by atoms with Crippen molar-refractivity contribution in [3.8, 4) is 0 Å². The second-order valence-electron chi connectivity index (χ2n) is 9.09. The van der Waals surface area contributed by atoms with E-state index in [4.69, 9.17) is 11.5 Å². The summed E-state index contributed by atoms with van der Waals surface area (Å²) in [4.78, 5) is 41.0. The Bertz CT molecular complexity index is 1050. The molecule has 0 saturated heterocycles. The molecule has 2 aliphatic carbocycles. The van der Waals surface area contributed by atoms with Crippen molar-refractivity contribution in [2.75, 3.05) is 5.73 Å². The molecule has 2 fully saturated rings. The zero-order chi connectivity index (χ0) is 24.2. The number of halogens is 1. The highest BCUT2D eigenvalue weighted by atomic mass is 32.1. The molecule has 0 aliphatic heterocycles. The van der Waals surface area contributed by atoms with E-state index in [2.05, 4.69) is 9.69 Å². The number of hydrogen-bond acceptors (Lipinski definition) is 6. The van der Waals surface area contributed by atoms with E-state index in [0.29, 0.717) is 5.56 Å². The van der Waals surface area contributed by atoms with Gasteiger partial charge in [0.05, 0.1) is 5.69 Å². The summed E-state index contributed by atoms with van der Waals surface area (Å²) < 4.78 is 17.7. The van der Waals surface area contributed by atoms with Gasteiger partial charge in [-0.3, -0.25) is 14.4 Å². The number of benzene rings is 1. The van der Waals surface area contributed by atoms with Crippen LogP contribution in [0.3, 0.4) is 0 Å². The summed E-state index contributed by atoms with van der Waals surface area (Å²) in [5.41, 5.74) is 11.7. The molecule has 5 N–H and O–H groups in total. The smallest absolute Gasteiger partial charge is 0.270 e. The van der Waals surface area contributed by atoms with Gasteiger partial charge >= 0.3 is 0 Å². The lowest BCUT2D eigenvalue weighted by Gasteiger charge is -2.39. The van der Waals surface area contributed by atoms with Crippen LogP contribution < -0.4 is 16.8 Å². The molecule has 4 rings (SSSR count). The van der Waals surface area contributed by atoms with Crippen molar-refractivity contribution in [3.63, 3.8) is 0 Å². The number of nitrogens with one attached hydrogen (secondary N) is 1. The molecule has 2 aliphatic rings. The fraction of sp³-hybridized carbons (Fsp3) is 0.500. The minimum atomic E-state index is -0.963. The van der Waals surface area contributed by atoms with Crippen molar-refractivity contribution in [3.05, 3.63) is 46.2 Å². The molecule has 34 heavy (non-hydrogen) atoms. The number of rotatable bonds is 7. The van der Waals surface area contributed by atoms with Crippen molar-refractivity contribution >= 4 is 34.9 Å². The lowest BCUT2D eigenvalue weighted by Crippen LogP contribution is -2.50. The third-order valence-electron chi connectivity index (χ3n) is 6.77. The Morgan fingerprint density at radius 2 is 1.65 bits per heavy atom. The quantitative estimate of drug-likeness (QED) is 0.550. The van der Waals surface area contributed by atoms with Gasteiger partial charge in [-0.2, -0.15) is 4.37 Å². The highest BCUT2D eigenvalue weighted by Crippen LogP contribution is 2.35. The van der Waals surface area contributed by atoms with Gasteiger partial charge in [0.1, 0.15) is 16.7 Å². The number of amides is 3. The van der Waals surface area contributed by atoms with E-state index < -0.39 is 23.7 Å². The summed E-state index contributed by atoms with van der Waals surface area (Å²) in [6.07, 6.45) is 8.27. The molecular weight excluding hydrogens is 457 g/mol. The van der Waals surface area contributed by atoms with Gasteiger partial charge in [-0.1, -0.05) is 44.2 Å². The fourth-order valence-corrected chi connectivity index (χ4v) is 5.78. The molecule has 2 aromatic rings. The van der Waals surface area contributed by atoms with Crippen LogP contribution in [0.1, 0.15) is 89.6 Å². The van der Waals surface area contributed by atoms with Crippen LogP contribution in [0.2, 0.25) is 0 Å². The highest BCUT2D eigenvalue weighted by molar-refractivity contribution is 7.09. The van der Waals surface area contributed by atoms with Crippen molar-refractivity contribution < 1.29 is 18.8 Å². The van der Waals surface area contributed by atoms with Gasteiger partial charge < -0.3 is 21.7 Å². The molecule has 0 spiro atoms. The van der Waals surface area contributed by atoms with Gasteiger partial charge in [0, 0.05) is 12.1 Å². The van der Waals surface area contributed by atoms with Crippen LogP contribution >= 0.6 is 11.5 Å². The minimum absolute atomic E-state index is 0.0497. The van der Waals surface area contributed by atoms with Gasteiger partial charge in [-0.25, -0.2) is 4.39 Å². The number of carbonyl (C=O) groups excluding carboxylic acids is 3. The van der Waals surface area contributed by atoms with E-state index in [1.54, 1.807) is 17.0 Å². The van der Waals surface area contributed by atoms with E-state index in [0.717, 1.165) is 69.3 Å². The summed E-state index contributed by atoms with van der Waals surface area (Å²) in [5.74, 6) is -2.00. The molecule has 2 saturated carbocycles. The van der Waals surface area contributed by atoms with Gasteiger partial charge in [0.25, 0.3) is 11.8 Å². The molecule has 1 heterocycles. The van der Waals surface area contributed by atoms with E-state index in [-0.39, 0.29) is 34.2 Å².